The van der Waals surface area contributed by atoms with E-state index in [1.54, 1.807) is 0 Å². The van der Waals surface area contributed by atoms with Crippen LogP contribution in [0.25, 0.3) is 0 Å². The van der Waals surface area contributed by atoms with Gasteiger partial charge in [0.2, 0.25) is 0 Å². The topological polar surface area (TPSA) is 0 Å². The quantitative estimate of drug-likeness (QED) is 0.431. The lowest BCUT2D eigenvalue weighted by molar-refractivity contribution is 0.882. The molecule has 1 aliphatic carbocycles. The maximum atomic E-state index is 2.20. The molecular formula is C7H10. The van der Waals surface area contributed by atoms with E-state index >= 15 is 0 Å². The summed E-state index contributed by atoms with van der Waals surface area (Å²) in [5.74, 6) is 0.694. The Balaban J connectivity index is 2.69. The second-order valence-electron chi connectivity index (χ2n) is 2.08. The second-order valence-corrected chi connectivity index (χ2v) is 2.08. The van der Waals surface area contributed by atoms with Gasteiger partial charge in [-0.05, 0) is 12.8 Å². The van der Waals surface area contributed by atoms with Gasteiger partial charge in [0.25, 0.3) is 0 Å². The van der Waals surface area contributed by atoms with Gasteiger partial charge in [0.1, 0.15) is 0 Å². The highest BCUT2D eigenvalue weighted by Gasteiger charge is 2.00. The minimum absolute atomic E-state index is 0.694. The van der Waals surface area contributed by atoms with Crippen LogP contribution in [0, 0.1) is 5.92 Å². The number of hydrogen-bond donors (Lipinski definition) is 0. The molecule has 0 nitrogen and oxygen atoms in total. The zero-order valence-electron chi connectivity index (χ0n) is 4.81. The van der Waals surface area contributed by atoms with Crippen molar-refractivity contribution in [3.63, 3.8) is 0 Å². The van der Waals surface area contributed by atoms with Gasteiger partial charge in [-0.2, -0.15) is 0 Å². The van der Waals surface area contributed by atoms with Crippen LogP contribution in [-0.2, 0) is 0 Å². The highest BCUT2D eigenvalue weighted by atomic mass is 14.1. The summed E-state index contributed by atoms with van der Waals surface area (Å²) < 4.78 is 0. The number of rotatable bonds is 0. The summed E-state index contributed by atoms with van der Waals surface area (Å²) in [4.78, 5) is 0. The van der Waals surface area contributed by atoms with Gasteiger partial charge in [-0.25, -0.2) is 0 Å². The van der Waals surface area contributed by atoms with Gasteiger partial charge in [0.15, 0.2) is 0 Å². The van der Waals surface area contributed by atoms with Crippen LogP contribution >= 0.6 is 0 Å². The molecule has 1 unspecified atom stereocenters. The van der Waals surface area contributed by atoms with E-state index in [4.69, 9.17) is 0 Å². The van der Waals surface area contributed by atoms with E-state index in [9.17, 15) is 0 Å². The Morgan fingerprint density at radius 3 is 2.43 bits per heavy atom. The van der Waals surface area contributed by atoms with Crippen molar-refractivity contribution in [2.24, 2.45) is 5.92 Å². The summed E-state index contributed by atoms with van der Waals surface area (Å²) in [5.41, 5.74) is 1.47. The minimum Gasteiger partial charge on any atom is -0.0776 e. The molecule has 0 aromatic rings. The molecule has 0 N–H and O–H groups in total. The Morgan fingerprint density at radius 1 is 1.57 bits per heavy atom. The van der Waals surface area contributed by atoms with Crippen molar-refractivity contribution in [3.8, 4) is 0 Å². The Kier molecular flexibility index (Phi) is 1.01. The van der Waals surface area contributed by atoms with Crippen molar-refractivity contribution in [3.05, 3.63) is 23.8 Å². The SMILES string of the molecule is CC1=CC=CC1C. The summed E-state index contributed by atoms with van der Waals surface area (Å²) in [6.07, 6.45) is 6.47. The monoisotopic (exact) mass is 94.1 g/mol. The first kappa shape index (κ1) is 4.63. The molecule has 0 aliphatic heterocycles. The molecule has 0 heteroatoms. The van der Waals surface area contributed by atoms with Gasteiger partial charge < -0.3 is 0 Å². The Hall–Kier alpha value is -0.520. The number of allylic oxidation sites excluding steroid dienone is 4. The van der Waals surface area contributed by atoms with Crippen molar-refractivity contribution in [1.29, 1.82) is 0 Å². The zero-order chi connectivity index (χ0) is 5.28. The van der Waals surface area contributed by atoms with Crippen molar-refractivity contribution in [1.82, 2.24) is 0 Å². The molecule has 0 radical (unpaired) electrons. The van der Waals surface area contributed by atoms with E-state index < -0.39 is 0 Å². The summed E-state index contributed by atoms with van der Waals surface area (Å²) in [5, 5.41) is 0. The predicted octanol–water partition coefficient (Wildman–Crippen LogP) is 2.14. The standard InChI is InChI=1S/C7H10/c1-6-4-3-5-7(6)2/h3-6H,1-2H3. The first-order valence-corrected chi connectivity index (χ1v) is 2.65. The minimum atomic E-state index is 0.694. The fourth-order valence-corrected chi connectivity index (χ4v) is 0.678. The van der Waals surface area contributed by atoms with Crippen LogP contribution in [0.5, 0.6) is 0 Å². The summed E-state index contributed by atoms with van der Waals surface area (Å²) in [7, 11) is 0. The molecular weight excluding hydrogens is 84.1 g/mol. The summed E-state index contributed by atoms with van der Waals surface area (Å²) >= 11 is 0. The highest BCUT2D eigenvalue weighted by Crippen LogP contribution is 2.16. The van der Waals surface area contributed by atoms with Crippen molar-refractivity contribution in [2.75, 3.05) is 0 Å². The molecule has 0 heterocycles. The van der Waals surface area contributed by atoms with Crippen molar-refractivity contribution in [2.45, 2.75) is 13.8 Å². The van der Waals surface area contributed by atoms with Gasteiger partial charge in [0.05, 0.1) is 0 Å². The normalized spacial score (nSPS) is 28.3. The Labute approximate surface area is 44.5 Å². The first-order valence-electron chi connectivity index (χ1n) is 2.65. The van der Waals surface area contributed by atoms with Crippen LogP contribution < -0.4 is 0 Å². The lowest BCUT2D eigenvalue weighted by Crippen LogP contribution is -1.83. The molecule has 0 saturated carbocycles. The maximum Gasteiger partial charge on any atom is -0.00482 e. The van der Waals surface area contributed by atoms with E-state index in [1.165, 1.54) is 5.57 Å². The molecule has 0 aromatic carbocycles. The van der Waals surface area contributed by atoms with Gasteiger partial charge in [-0.15, -0.1) is 0 Å². The van der Waals surface area contributed by atoms with Crippen molar-refractivity contribution < 1.29 is 0 Å². The largest absolute Gasteiger partial charge is 0.0776 e. The van der Waals surface area contributed by atoms with E-state index in [-0.39, 0.29) is 0 Å². The molecule has 0 amide bonds. The van der Waals surface area contributed by atoms with Gasteiger partial charge in [-0.3, -0.25) is 0 Å². The lowest BCUT2D eigenvalue weighted by atomic mass is 10.1. The molecule has 0 aromatic heterocycles. The predicted molar refractivity (Wildman–Crippen MR) is 32.1 cm³/mol. The molecule has 0 saturated heterocycles. The van der Waals surface area contributed by atoms with Crippen LogP contribution in [0.1, 0.15) is 13.8 Å². The third kappa shape index (κ3) is 0.738. The zero-order valence-corrected chi connectivity index (χ0v) is 4.81. The van der Waals surface area contributed by atoms with Crippen LogP contribution in [0.2, 0.25) is 0 Å². The summed E-state index contributed by atoms with van der Waals surface area (Å²) in [6.45, 7) is 4.36. The third-order valence-electron chi connectivity index (χ3n) is 1.48. The summed E-state index contributed by atoms with van der Waals surface area (Å²) in [6, 6.07) is 0. The van der Waals surface area contributed by atoms with E-state index in [1.807, 2.05) is 0 Å². The number of hydrogen-bond acceptors (Lipinski definition) is 0. The molecule has 0 spiro atoms. The fraction of sp³-hybridized carbons (Fsp3) is 0.429. The highest BCUT2D eigenvalue weighted by molar-refractivity contribution is 5.24. The maximum absolute atomic E-state index is 2.20. The van der Waals surface area contributed by atoms with E-state index in [0.29, 0.717) is 5.92 Å². The lowest BCUT2D eigenvalue weighted by Gasteiger charge is -1.96. The second kappa shape index (κ2) is 1.53. The third-order valence-corrected chi connectivity index (χ3v) is 1.48. The van der Waals surface area contributed by atoms with Crippen molar-refractivity contribution >= 4 is 0 Å². The smallest absolute Gasteiger partial charge is 0.00482 e. The Morgan fingerprint density at radius 2 is 2.29 bits per heavy atom. The van der Waals surface area contributed by atoms with Gasteiger partial charge in [-0.1, -0.05) is 30.7 Å². The van der Waals surface area contributed by atoms with Crippen LogP contribution in [0.15, 0.2) is 23.8 Å². The van der Waals surface area contributed by atoms with Crippen LogP contribution in [0.3, 0.4) is 0 Å². The molecule has 7 heavy (non-hydrogen) atoms. The molecule has 1 aliphatic rings. The molecule has 0 bridgehead atoms. The first-order chi connectivity index (χ1) is 3.30. The van der Waals surface area contributed by atoms with E-state index in [2.05, 4.69) is 32.1 Å². The average molecular weight is 94.2 g/mol. The Bertz CT molecular complexity index is 118. The fourth-order valence-electron chi connectivity index (χ4n) is 0.678. The molecule has 38 valence electrons. The molecule has 0 fully saturated rings. The van der Waals surface area contributed by atoms with Gasteiger partial charge in [0, 0.05) is 0 Å². The average Bonchev–Trinajstić information content (AvgIpc) is 1.91. The molecule has 1 rings (SSSR count). The van der Waals surface area contributed by atoms with E-state index in [0.717, 1.165) is 0 Å². The van der Waals surface area contributed by atoms with Gasteiger partial charge >= 0.3 is 0 Å². The van der Waals surface area contributed by atoms with Crippen LogP contribution in [0.4, 0.5) is 0 Å². The van der Waals surface area contributed by atoms with Crippen LogP contribution in [-0.4, -0.2) is 0 Å². The molecule has 1 atom stereocenters.